The molecule has 3 N–H and O–H groups in total. The molecule has 1 heterocycles. The first-order valence-electron chi connectivity index (χ1n) is 6.32. The van der Waals surface area contributed by atoms with Crippen molar-refractivity contribution in [2.75, 3.05) is 17.2 Å². The highest BCUT2D eigenvalue weighted by Gasteiger charge is 2.21. The molecule has 110 valence electrons. The zero-order valence-corrected chi connectivity index (χ0v) is 11.7. The first-order chi connectivity index (χ1) is 9.93. The minimum absolute atomic E-state index is 0.0667. The molecular weight excluding hydrogens is 274 g/mol. The average molecular weight is 289 g/mol. The minimum atomic E-state index is -1.07. The molecule has 7 heteroatoms. The summed E-state index contributed by atoms with van der Waals surface area (Å²) < 4.78 is 4.89. The molecule has 21 heavy (non-hydrogen) atoms. The highest BCUT2D eigenvalue weighted by molar-refractivity contribution is 6.06. The van der Waals surface area contributed by atoms with Crippen LogP contribution in [0.2, 0.25) is 0 Å². The first-order valence-corrected chi connectivity index (χ1v) is 6.32. The van der Waals surface area contributed by atoms with E-state index in [1.54, 1.807) is 13.8 Å². The molecule has 0 aliphatic carbocycles. The number of aryl methyl sites for hydroxylation is 1. The molecule has 0 fully saturated rings. The summed E-state index contributed by atoms with van der Waals surface area (Å²) in [6, 6.07) is 5.76. The lowest BCUT2D eigenvalue weighted by Crippen LogP contribution is -2.31. The van der Waals surface area contributed by atoms with Crippen molar-refractivity contribution in [3.63, 3.8) is 0 Å². The molecule has 0 saturated carbocycles. The van der Waals surface area contributed by atoms with Gasteiger partial charge in [-0.3, -0.25) is 4.79 Å². The van der Waals surface area contributed by atoms with Crippen LogP contribution in [0.4, 0.5) is 11.4 Å². The van der Waals surface area contributed by atoms with Crippen molar-refractivity contribution in [1.82, 2.24) is 5.16 Å². The van der Waals surface area contributed by atoms with Crippen molar-refractivity contribution in [3.8, 4) is 0 Å². The van der Waals surface area contributed by atoms with Crippen LogP contribution in [-0.2, 0) is 0 Å². The van der Waals surface area contributed by atoms with Crippen LogP contribution in [0.25, 0.3) is 0 Å². The van der Waals surface area contributed by atoms with E-state index in [1.807, 2.05) is 0 Å². The number of aromatic carboxylic acids is 1. The summed E-state index contributed by atoms with van der Waals surface area (Å²) in [7, 11) is 0. The lowest BCUT2D eigenvalue weighted by atomic mass is 10.1. The van der Waals surface area contributed by atoms with Gasteiger partial charge in [-0.15, -0.1) is 0 Å². The smallest absolute Gasteiger partial charge is 0.335 e. The first kappa shape index (κ1) is 14.6. The van der Waals surface area contributed by atoms with E-state index in [0.29, 0.717) is 18.0 Å². The Morgan fingerprint density at radius 1 is 1.38 bits per heavy atom. The van der Waals surface area contributed by atoms with Gasteiger partial charge in [0, 0.05) is 12.6 Å². The second-order valence-corrected chi connectivity index (χ2v) is 4.45. The molecule has 0 aliphatic heterocycles. The summed E-state index contributed by atoms with van der Waals surface area (Å²) in [5, 5.41) is 12.6. The van der Waals surface area contributed by atoms with E-state index in [2.05, 4.69) is 5.16 Å². The number of carboxylic acid groups (broad SMARTS) is 1. The fourth-order valence-electron chi connectivity index (χ4n) is 1.96. The molecule has 0 radical (unpaired) electrons. The number of nitrogens with two attached hydrogens (primary N) is 1. The lowest BCUT2D eigenvalue weighted by Gasteiger charge is -2.21. The van der Waals surface area contributed by atoms with E-state index in [9.17, 15) is 9.59 Å². The zero-order chi connectivity index (χ0) is 15.6. The van der Waals surface area contributed by atoms with Crippen molar-refractivity contribution in [2.24, 2.45) is 0 Å². The Morgan fingerprint density at radius 3 is 2.57 bits per heavy atom. The Labute approximate surface area is 120 Å². The molecule has 0 bridgehead atoms. The molecule has 0 spiro atoms. The van der Waals surface area contributed by atoms with Crippen molar-refractivity contribution in [1.29, 1.82) is 0 Å². The normalized spacial score (nSPS) is 10.4. The molecule has 1 aromatic carbocycles. The number of nitrogens with zero attached hydrogens (tertiary/aromatic N) is 2. The molecule has 7 nitrogen and oxygen atoms in total. The Morgan fingerprint density at radius 2 is 2.10 bits per heavy atom. The highest BCUT2D eigenvalue weighted by atomic mass is 16.5. The SMILES string of the molecule is CCN(C(=O)c1cc(C)on1)c1ccc(C(=O)O)cc1N. The molecule has 1 amide bonds. The van der Waals surface area contributed by atoms with Crippen molar-refractivity contribution < 1.29 is 19.2 Å². The van der Waals surface area contributed by atoms with Crippen molar-refractivity contribution in [2.45, 2.75) is 13.8 Å². The van der Waals surface area contributed by atoms with E-state index >= 15 is 0 Å². The molecule has 0 saturated heterocycles. The quantitative estimate of drug-likeness (QED) is 0.832. The number of amides is 1. The molecule has 0 aliphatic rings. The summed E-state index contributed by atoms with van der Waals surface area (Å²) in [4.78, 5) is 24.7. The van der Waals surface area contributed by atoms with E-state index in [-0.39, 0.29) is 22.9 Å². The Balaban J connectivity index is 2.37. The van der Waals surface area contributed by atoms with Gasteiger partial charge < -0.3 is 20.3 Å². The summed E-state index contributed by atoms with van der Waals surface area (Å²) in [5.41, 5.74) is 6.75. The van der Waals surface area contributed by atoms with Crippen LogP contribution in [0.15, 0.2) is 28.8 Å². The van der Waals surface area contributed by atoms with Crippen LogP contribution in [0.3, 0.4) is 0 Å². The monoisotopic (exact) mass is 289 g/mol. The number of carbonyl (C=O) groups excluding carboxylic acids is 1. The number of rotatable bonds is 4. The van der Waals surface area contributed by atoms with Crippen LogP contribution in [0.1, 0.15) is 33.5 Å². The fourth-order valence-corrected chi connectivity index (χ4v) is 1.96. The minimum Gasteiger partial charge on any atom is -0.478 e. The van der Waals surface area contributed by atoms with Gasteiger partial charge in [-0.05, 0) is 32.0 Å². The fraction of sp³-hybridized carbons (Fsp3) is 0.214. The van der Waals surface area contributed by atoms with Gasteiger partial charge in [0.2, 0.25) is 0 Å². The maximum absolute atomic E-state index is 12.4. The van der Waals surface area contributed by atoms with E-state index in [0.717, 1.165) is 0 Å². The number of nitrogen functional groups attached to an aromatic ring is 1. The topological polar surface area (TPSA) is 110 Å². The van der Waals surface area contributed by atoms with Gasteiger partial charge in [-0.2, -0.15) is 0 Å². The van der Waals surface area contributed by atoms with Crippen molar-refractivity contribution in [3.05, 3.63) is 41.3 Å². The van der Waals surface area contributed by atoms with Crippen LogP contribution in [-0.4, -0.2) is 28.7 Å². The summed E-state index contributed by atoms with van der Waals surface area (Å²) in [6.07, 6.45) is 0. The Kier molecular flexibility index (Phi) is 3.93. The van der Waals surface area contributed by atoms with E-state index < -0.39 is 5.97 Å². The van der Waals surface area contributed by atoms with Crippen LogP contribution in [0.5, 0.6) is 0 Å². The Hall–Kier alpha value is -2.83. The van der Waals surface area contributed by atoms with Crippen molar-refractivity contribution >= 4 is 23.3 Å². The second-order valence-electron chi connectivity index (χ2n) is 4.45. The molecule has 0 unspecified atom stereocenters. The molecular formula is C14H15N3O4. The third-order valence-electron chi connectivity index (χ3n) is 2.97. The summed E-state index contributed by atoms with van der Waals surface area (Å²) >= 11 is 0. The van der Waals surface area contributed by atoms with Gasteiger partial charge in [-0.1, -0.05) is 5.16 Å². The Bertz CT molecular complexity index is 693. The van der Waals surface area contributed by atoms with Crippen LogP contribution in [0, 0.1) is 6.92 Å². The number of anilines is 2. The number of hydrogen-bond acceptors (Lipinski definition) is 5. The summed E-state index contributed by atoms with van der Waals surface area (Å²) in [5.74, 6) is -0.900. The van der Waals surface area contributed by atoms with Gasteiger partial charge in [0.15, 0.2) is 5.69 Å². The molecule has 2 rings (SSSR count). The van der Waals surface area contributed by atoms with E-state index in [4.69, 9.17) is 15.4 Å². The van der Waals surface area contributed by atoms with Crippen LogP contribution >= 0.6 is 0 Å². The molecule has 1 aromatic heterocycles. The number of carbonyl (C=O) groups is 2. The highest BCUT2D eigenvalue weighted by Crippen LogP contribution is 2.26. The number of hydrogen-bond donors (Lipinski definition) is 2. The van der Waals surface area contributed by atoms with Gasteiger partial charge in [0.05, 0.1) is 16.9 Å². The zero-order valence-electron chi connectivity index (χ0n) is 11.7. The average Bonchev–Trinajstić information content (AvgIpc) is 2.87. The lowest BCUT2D eigenvalue weighted by molar-refractivity contribution is 0.0696. The molecule has 0 atom stereocenters. The maximum Gasteiger partial charge on any atom is 0.335 e. The van der Waals surface area contributed by atoms with Crippen LogP contribution < -0.4 is 10.6 Å². The largest absolute Gasteiger partial charge is 0.478 e. The second kappa shape index (κ2) is 5.66. The number of benzene rings is 1. The maximum atomic E-state index is 12.4. The van der Waals surface area contributed by atoms with Gasteiger partial charge >= 0.3 is 5.97 Å². The third kappa shape index (κ3) is 2.86. The number of aromatic nitrogens is 1. The number of carboxylic acids is 1. The molecule has 2 aromatic rings. The summed E-state index contributed by atoms with van der Waals surface area (Å²) in [6.45, 7) is 3.84. The third-order valence-corrected chi connectivity index (χ3v) is 2.97. The van der Waals surface area contributed by atoms with Gasteiger partial charge in [0.25, 0.3) is 5.91 Å². The van der Waals surface area contributed by atoms with Gasteiger partial charge in [0.1, 0.15) is 5.76 Å². The van der Waals surface area contributed by atoms with E-state index in [1.165, 1.54) is 29.2 Å². The predicted octanol–water partition coefficient (Wildman–Crippen LogP) is 1.93. The van der Waals surface area contributed by atoms with Gasteiger partial charge in [-0.25, -0.2) is 4.79 Å². The predicted molar refractivity (Wildman–Crippen MR) is 76.4 cm³/mol. The standard InChI is InChI=1S/C14H15N3O4/c1-3-17(13(18)11-6-8(2)21-16-11)12-5-4-9(14(19)20)7-10(12)15/h4-7H,3,15H2,1-2H3,(H,19,20).